The molecule has 1 aromatic carbocycles. The molecule has 2 saturated heterocycles. The fraction of sp³-hybridized carbons (Fsp3) is 0.632. The highest BCUT2D eigenvalue weighted by Crippen LogP contribution is 2.25. The van der Waals surface area contributed by atoms with E-state index in [1.54, 1.807) is 0 Å². The van der Waals surface area contributed by atoms with Crippen LogP contribution in [0, 0.1) is 11.7 Å². The van der Waals surface area contributed by atoms with E-state index in [-0.39, 0.29) is 23.8 Å². The van der Waals surface area contributed by atoms with Crippen molar-refractivity contribution in [2.45, 2.75) is 51.2 Å². The van der Waals surface area contributed by atoms with Gasteiger partial charge in [-0.3, -0.25) is 9.69 Å². The van der Waals surface area contributed by atoms with Crippen molar-refractivity contribution in [3.63, 3.8) is 0 Å². The molecule has 1 aromatic rings. The largest absolute Gasteiger partial charge is 0.341 e. The molecule has 24 heavy (non-hydrogen) atoms. The van der Waals surface area contributed by atoms with Crippen LogP contribution in [0.15, 0.2) is 24.3 Å². The van der Waals surface area contributed by atoms with Crippen molar-refractivity contribution >= 4 is 5.91 Å². The number of amides is 1. The van der Waals surface area contributed by atoms with Gasteiger partial charge in [-0.05, 0) is 62.8 Å². The third-order valence-corrected chi connectivity index (χ3v) is 5.46. The Kier molecular flexibility index (Phi) is 5.51. The molecule has 0 saturated carbocycles. The monoisotopic (exact) mass is 333 g/mol. The molecule has 2 heterocycles. The number of piperidine rings is 1. The van der Waals surface area contributed by atoms with Crippen molar-refractivity contribution < 1.29 is 9.18 Å². The van der Waals surface area contributed by atoms with E-state index in [0.29, 0.717) is 12.5 Å². The summed E-state index contributed by atoms with van der Waals surface area (Å²) in [4.78, 5) is 17.3. The normalized spacial score (nSPS) is 26.5. The summed E-state index contributed by atoms with van der Waals surface area (Å²) in [6.45, 7) is 5.31. The molecule has 132 valence electrons. The second-order valence-electron chi connectivity index (χ2n) is 7.30. The van der Waals surface area contributed by atoms with Gasteiger partial charge < -0.3 is 10.6 Å². The Labute approximate surface area is 143 Å². The second kappa shape index (κ2) is 7.62. The van der Waals surface area contributed by atoms with Gasteiger partial charge >= 0.3 is 0 Å². The zero-order chi connectivity index (χ0) is 17.1. The summed E-state index contributed by atoms with van der Waals surface area (Å²) in [5, 5.41) is 0. The van der Waals surface area contributed by atoms with E-state index < -0.39 is 0 Å². The molecule has 0 aliphatic carbocycles. The Hall–Kier alpha value is -1.46. The molecular weight excluding hydrogens is 305 g/mol. The fourth-order valence-corrected chi connectivity index (χ4v) is 3.97. The molecule has 2 aliphatic rings. The predicted octanol–water partition coefficient (Wildman–Crippen LogP) is 2.38. The maximum absolute atomic E-state index is 13.1. The van der Waals surface area contributed by atoms with Crippen LogP contribution >= 0.6 is 0 Å². The fourth-order valence-electron chi connectivity index (χ4n) is 3.97. The van der Waals surface area contributed by atoms with E-state index >= 15 is 0 Å². The third kappa shape index (κ3) is 3.95. The number of nitrogens with two attached hydrogens (primary N) is 1. The Morgan fingerprint density at radius 2 is 1.96 bits per heavy atom. The zero-order valence-corrected chi connectivity index (χ0v) is 14.5. The van der Waals surface area contributed by atoms with Crippen LogP contribution in [0.1, 0.15) is 38.2 Å². The molecule has 2 aliphatic heterocycles. The lowest BCUT2D eigenvalue weighted by molar-refractivity contribution is -0.138. The van der Waals surface area contributed by atoms with Gasteiger partial charge in [0.2, 0.25) is 5.91 Å². The molecule has 0 unspecified atom stereocenters. The number of benzene rings is 1. The van der Waals surface area contributed by atoms with Gasteiger partial charge in [0.05, 0.1) is 6.04 Å². The summed E-state index contributed by atoms with van der Waals surface area (Å²) >= 11 is 0. The molecule has 0 spiro atoms. The number of carbonyl (C=O) groups excluding carboxylic acids is 1. The van der Waals surface area contributed by atoms with Crippen molar-refractivity contribution in [1.82, 2.24) is 9.80 Å². The van der Waals surface area contributed by atoms with Gasteiger partial charge in [0.25, 0.3) is 0 Å². The number of likely N-dealkylation sites (tertiary alicyclic amines) is 2. The summed E-state index contributed by atoms with van der Waals surface area (Å²) < 4.78 is 13.1. The molecule has 2 fully saturated rings. The van der Waals surface area contributed by atoms with E-state index in [1.165, 1.54) is 12.1 Å². The second-order valence-corrected chi connectivity index (χ2v) is 7.30. The number of hydrogen-bond donors (Lipinski definition) is 1. The minimum Gasteiger partial charge on any atom is -0.341 e. The SMILES string of the molecule is C[C@H](N)[C@H]1CCCN(C(=O)[C@@H]2CCCN2Cc2ccc(F)cc2)C1. The minimum absolute atomic E-state index is 0.0399. The molecule has 3 atom stereocenters. The van der Waals surface area contributed by atoms with Gasteiger partial charge in [0, 0.05) is 25.7 Å². The van der Waals surface area contributed by atoms with E-state index in [0.717, 1.165) is 50.9 Å². The molecule has 2 N–H and O–H groups in total. The summed E-state index contributed by atoms with van der Waals surface area (Å²) in [5.41, 5.74) is 7.10. The van der Waals surface area contributed by atoms with Crippen molar-refractivity contribution in [2.75, 3.05) is 19.6 Å². The number of halogens is 1. The minimum atomic E-state index is -0.219. The van der Waals surface area contributed by atoms with Crippen LogP contribution in [0.5, 0.6) is 0 Å². The van der Waals surface area contributed by atoms with Crippen molar-refractivity contribution in [3.8, 4) is 0 Å². The highest BCUT2D eigenvalue weighted by atomic mass is 19.1. The smallest absolute Gasteiger partial charge is 0.239 e. The molecule has 5 heteroatoms. The molecule has 4 nitrogen and oxygen atoms in total. The average molecular weight is 333 g/mol. The highest BCUT2D eigenvalue weighted by Gasteiger charge is 2.35. The number of carbonyl (C=O) groups is 1. The first-order valence-electron chi connectivity index (χ1n) is 9.07. The first kappa shape index (κ1) is 17.4. The molecular formula is C19H28FN3O. The number of rotatable bonds is 4. The first-order valence-corrected chi connectivity index (χ1v) is 9.07. The van der Waals surface area contributed by atoms with Gasteiger partial charge in [-0.1, -0.05) is 12.1 Å². The maximum Gasteiger partial charge on any atom is 0.239 e. The Morgan fingerprint density at radius 1 is 1.25 bits per heavy atom. The zero-order valence-electron chi connectivity index (χ0n) is 14.5. The summed E-state index contributed by atoms with van der Waals surface area (Å²) in [7, 11) is 0. The van der Waals surface area contributed by atoms with Gasteiger partial charge in [-0.15, -0.1) is 0 Å². The molecule has 0 radical (unpaired) electrons. The van der Waals surface area contributed by atoms with Crippen molar-refractivity contribution in [2.24, 2.45) is 11.7 Å². The lowest BCUT2D eigenvalue weighted by Crippen LogP contribution is -2.51. The van der Waals surface area contributed by atoms with Gasteiger partial charge in [0.1, 0.15) is 5.82 Å². The summed E-state index contributed by atoms with van der Waals surface area (Å²) in [5.74, 6) is 0.442. The maximum atomic E-state index is 13.1. The highest BCUT2D eigenvalue weighted by molar-refractivity contribution is 5.82. The quantitative estimate of drug-likeness (QED) is 0.920. The summed E-state index contributed by atoms with van der Waals surface area (Å²) in [6.07, 6.45) is 4.12. The lowest BCUT2D eigenvalue weighted by Gasteiger charge is -2.37. The van der Waals surface area contributed by atoms with E-state index in [9.17, 15) is 9.18 Å². The van der Waals surface area contributed by atoms with Gasteiger partial charge in [0.15, 0.2) is 0 Å². The third-order valence-electron chi connectivity index (χ3n) is 5.46. The van der Waals surface area contributed by atoms with Crippen LogP contribution in [0.3, 0.4) is 0 Å². The Bertz CT molecular complexity index is 560. The summed E-state index contributed by atoms with van der Waals surface area (Å²) in [6, 6.07) is 6.69. The van der Waals surface area contributed by atoms with Crippen LogP contribution in [-0.2, 0) is 11.3 Å². The van der Waals surface area contributed by atoms with Gasteiger partial charge in [-0.25, -0.2) is 4.39 Å². The molecule has 0 aromatic heterocycles. The molecule has 3 rings (SSSR count). The number of nitrogens with zero attached hydrogens (tertiary/aromatic N) is 2. The Morgan fingerprint density at radius 3 is 2.67 bits per heavy atom. The molecule has 1 amide bonds. The standard InChI is InChI=1S/C19H28FN3O/c1-14(21)16-4-2-11-23(13-16)19(24)18-5-3-10-22(18)12-15-6-8-17(20)9-7-15/h6-9,14,16,18H,2-5,10-13,21H2,1H3/t14-,16-,18-/m0/s1. The molecule has 0 bridgehead atoms. The van der Waals surface area contributed by atoms with Crippen LogP contribution in [0.4, 0.5) is 4.39 Å². The topological polar surface area (TPSA) is 49.6 Å². The Balaban J connectivity index is 1.63. The lowest BCUT2D eigenvalue weighted by atomic mass is 9.91. The van der Waals surface area contributed by atoms with E-state index in [1.807, 2.05) is 24.0 Å². The van der Waals surface area contributed by atoms with E-state index in [4.69, 9.17) is 5.73 Å². The van der Waals surface area contributed by atoms with Crippen molar-refractivity contribution in [3.05, 3.63) is 35.6 Å². The van der Waals surface area contributed by atoms with Crippen LogP contribution in [0.25, 0.3) is 0 Å². The predicted molar refractivity (Wildman–Crippen MR) is 92.8 cm³/mol. The first-order chi connectivity index (χ1) is 11.5. The van der Waals surface area contributed by atoms with E-state index in [2.05, 4.69) is 4.90 Å². The average Bonchev–Trinajstić information content (AvgIpc) is 3.04. The van der Waals surface area contributed by atoms with Crippen LogP contribution in [0.2, 0.25) is 0 Å². The van der Waals surface area contributed by atoms with Crippen LogP contribution in [-0.4, -0.2) is 47.4 Å². The van der Waals surface area contributed by atoms with Crippen LogP contribution < -0.4 is 5.73 Å². The van der Waals surface area contributed by atoms with Gasteiger partial charge in [-0.2, -0.15) is 0 Å². The van der Waals surface area contributed by atoms with Crippen molar-refractivity contribution in [1.29, 1.82) is 0 Å². The number of hydrogen-bond acceptors (Lipinski definition) is 3.